The van der Waals surface area contributed by atoms with Crippen LogP contribution in [0.3, 0.4) is 0 Å². The van der Waals surface area contributed by atoms with Crippen LogP contribution in [-0.2, 0) is 4.79 Å². The molecule has 0 N–H and O–H groups in total. The van der Waals surface area contributed by atoms with Crippen LogP contribution >= 0.6 is 47.1 Å². The van der Waals surface area contributed by atoms with Crippen molar-refractivity contribution in [3.63, 3.8) is 0 Å². The van der Waals surface area contributed by atoms with Gasteiger partial charge >= 0.3 is 0 Å². The molecule has 8 heteroatoms. The Kier molecular flexibility index (Phi) is 9.72. The third-order valence-electron chi connectivity index (χ3n) is 4.51. The Hall–Kier alpha value is -1.31. The summed E-state index contributed by atoms with van der Waals surface area (Å²) in [6.45, 7) is 7.66. The molecule has 0 aliphatic rings. The van der Waals surface area contributed by atoms with E-state index in [-0.39, 0.29) is 18.3 Å². The summed E-state index contributed by atoms with van der Waals surface area (Å²) in [5.74, 6) is 0.463. The van der Waals surface area contributed by atoms with Gasteiger partial charge in [0.05, 0.1) is 16.0 Å². The highest BCUT2D eigenvalue weighted by Crippen LogP contribution is 2.31. The van der Waals surface area contributed by atoms with Crippen molar-refractivity contribution in [2.24, 2.45) is 0 Å². The van der Waals surface area contributed by atoms with Crippen LogP contribution in [0.5, 0.6) is 0 Å². The first-order valence-electron chi connectivity index (χ1n) is 9.37. The number of thioether (sulfide) groups is 1. The number of carbonyl (C=O) groups excluding carboxylic acids is 1. The Balaban J connectivity index is 0.00000300. The predicted octanol–water partition coefficient (Wildman–Crippen LogP) is 5.84. The molecule has 0 bridgehead atoms. The standard InChI is InChI=1S/C21H24ClN3OS2.ClH/c1-3-24(4-2)12-13-25(20(26)15-27-17-8-6-5-7-9-17)21-23-18-11-10-16(22)14-19(18)28-21;/h5-11,14H,3-4,12-13,15H2,1-2H3;1H. The fraction of sp³-hybridized carbons (Fsp3) is 0.333. The van der Waals surface area contributed by atoms with E-state index in [1.165, 1.54) is 11.3 Å². The second-order valence-corrected chi connectivity index (χ2v) is 8.78. The monoisotopic (exact) mass is 469 g/mol. The fourth-order valence-electron chi connectivity index (χ4n) is 2.85. The number of aromatic nitrogens is 1. The van der Waals surface area contributed by atoms with Crippen molar-refractivity contribution >= 4 is 68.4 Å². The molecule has 156 valence electrons. The molecule has 1 heterocycles. The summed E-state index contributed by atoms with van der Waals surface area (Å²) >= 11 is 9.19. The molecule has 1 amide bonds. The van der Waals surface area contributed by atoms with Gasteiger partial charge in [-0.25, -0.2) is 4.98 Å². The molecule has 0 radical (unpaired) electrons. The summed E-state index contributed by atoms with van der Waals surface area (Å²) < 4.78 is 0.999. The summed E-state index contributed by atoms with van der Waals surface area (Å²) in [5, 5.41) is 1.42. The molecular formula is C21H25Cl2N3OS2. The van der Waals surface area contributed by atoms with Gasteiger partial charge in [0.2, 0.25) is 5.91 Å². The van der Waals surface area contributed by atoms with Crippen LogP contribution in [0.4, 0.5) is 5.13 Å². The van der Waals surface area contributed by atoms with Crippen LogP contribution in [0.15, 0.2) is 53.4 Å². The summed E-state index contributed by atoms with van der Waals surface area (Å²) in [5.41, 5.74) is 0.876. The highest BCUT2D eigenvalue weighted by Gasteiger charge is 2.20. The fourth-order valence-corrected chi connectivity index (χ4v) is 4.93. The first-order chi connectivity index (χ1) is 13.6. The van der Waals surface area contributed by atoms with Crippen molar-refractivity contribution in [3.8, 4) is 0 Å². The second-order valence-electron chi connectivity index (χ2n) is 6.28. The summed E-state index contributed by atoms with van der Waals surface area (Å²) in [4.78, 5) is 23.0. The molecule has 0 atom stereocenters. The van der Waals surface area contributed by atoms with Gasteiger partial charge in [0.1, 0.15) is 0 Å². The van der Waals surface area contributed by atoms with Crippen LogP contribution in [0.25, 0.3) is 10.2 Å². The van der Waals surface area contributed by atoms with Crippen LogP contribution in [0.2, 0.25) is 5.02 Å². The van der Waals surface area contributed by atoms with Crippen LogP contribution in [0.1, 0.15) is 13.8 Å². The molecule has 4 nitrogen and oxygen atoms in total. The average Bonchev–Trinajstić information content (AvgIpc) is 3.13. The smallest absolute Gasteiger partial charge is 0.239 e. The molecule has 3 rings (SSSR count). The van der Waals surface area contributed by atoms with E-state index in [1.54, 1.807) is 11.8 Å². The lowest BCUT2D eigenvalue weighted by Gasteiger charge is -2.24. The first kappa shape index (κ1) is 24.0. The molecule has 1 aromatic heterocycles. The normalized spacial score (nSPS) is 10.9. The van der Waals surface area contributed by atoms with Crippen molar-refractivity contribution in [1.29, 1.82) is 0 Å². The lowest BCUT2D eigenvalue weighted by molar-refractivity contribution is -0.116. The Labute approximate surface area is 191 Å². The maximum Gasteiger partial charge on any atom is 0.239 e. The molecule has 29 heavy (non-hydrogen) atoms. The van der Waals surface area contributed by atoms with Gasteiger partial charge in [-0.2, -0.15) is 0 Å². The number of anilines is 1. The number of hydrogen-bond acceptors (Lipinski definition) is 5. The highest BCUT2D eigenvalue weighted by atomic mass is 35.5. The number of likely N-dealkylation sites (N-methyl/N-ethyl adjacent to an activating group) is 1. The molecule has 0 saturated heterocycles. The number of thiazole rings is 1. The molecule has 0 fully saturated rings. The molecular weight excluding hydrogens is 445 g/mol. The van der Waals surface area contributed by atoms with Crippen LogP contribution < -0.4 is 4.90 Å². The molecule has 2 aromatic carbocycles. The van der Waals surface area contributed by atoms with E-state index in [2.05, 4.69) is 18.7 Å². The van der Waals surface area contributed by atoms with Gasteiger partial charge in [-0.1, -0.05) is 55.0 Å². The van der Waals surface area contributed by atoms with E-state index in [9.17, 15) is 4.79 Å². The molecule has 0 saturated carbocycles. The van der Waals surface area contributed by atoms with Crippen molar-refractivity contribution < 1.29 is 4.79 Å². The zero-order chi connectivity index (χ0) is 19.9. The quantitative estimate of drug-likeness (QED) is 0.368. The van der Waals surface area contributed by atoms with Crippen molar-refractivity contribution in [2.45, 2.75) is 18.7 Å². The predicted molar refractivity (Wildman–Crippen MR) is 129 cm³/mol. The third kappa shape index (κ3) is 6.59. The molecule has 3 aromatic rings. The number of halogens is 2. The first-order valence-corrected chi connectivity index (χ1v) is 11.6. The number of benzene rings is 2. The maximum absolute atomic E-state index is 13.1. The van der Waals surface area contributed by atoms with Crippen molar-refractivity contribution in [3.05, 3.63) is 53.6 Å². The molecule has 0 unspecified atom stereocenters. The topological polar surface area (TPSA) is 36.4 Å². The zero-order valence-corrected chi connectivity index (χ0v) is 19.7. The van der Waals surface area contributed by atoms with Gasteiger partial charge < -0.3 is 4.90 Å². The minimum Gasteiger partial charge on any atom is -0.302 e. The Morgan fingerprint density at radius 2 is 1.83 bits per heavy atom. The Morgan fingerprint density at radius 3 is 2.52 bits per heavy atom. The number of nitrogens with zero attached hydrogens (tertiary/aromatic N) is 3. The lowest BCUT2D eigenvalue weighted by Crippen LogP contribution is -2.39. The van der Waals surface area contributed by atoms with Crippen molar-refractivity contribution in [2.75, 3.05) is 36.8 Å². The van der Waals surface area contributed by atoms with Gasteiger partial charge in [-0.15, -0.1) is 24.2 Å². The van der Waals surface area contributed by atoms with E-state index in [0.29, 0.717) is 17.3 Å². The summed E-state index contributed by atoms with van der Waals surface area (Å²) in [7, 11) is 0. The summed E-state index contributed by atoms with van der Waals surface area (Å²) in [6.07, 6.45) is 0. The molecule has 0 aliphatic heterocycles. The minimum absolute atomic E-state index is 0. The van der Waals surface area contributed by atoms with Gasteiger partial charge in [-0.05, 0) is 43.4 Å². The van der Waals surface area contributed by atoms with E-state index < -0.39 is 0 Å². The van der Waals surface area contributed by atoms with Gasteiger partial charge in [0.15, 0.2) is 5.13 Å². The molecule has 0 aliphatic carbocycles. The van der Waals surface area contributed by atoms with Crippen molar-refractivity contribution in [1.82, 2.24) is 9.88 Å². The number of hydrogen-bond donors (Lipinski definition) is 0. The lowest BCUT2D eigenvalue weighted by atomic mass is 10.3. The third-order valence-corrected chi connectivity index (χ3v) is 6.78. The van der Waals surface area contributed by atoms with Crippen LogP contribution in [0, 0.1) is 0 Å². The van der Waals surface area contributed by atoms with E-state index in [1.807, 2.05) is 53.4 Å². The van der Waals surface area contributed by atoms with E-state index in [0.717, 1.165) is 39.9 Å². The summed E-state index contributed by atoms with van der Waals surface area (Å²) in [6, 6.07) is 15.7. The average molecular weight is 470 g/mol. The minimum atomic E-state index is 0. The van der Waals surface area contributed by atoms with Gasteiger partial charge in [-0.3, -0.25) is 9.69 Å². The number of carbonyl (C=O) groups is 1. The Bertz CT molecular complexity index is 917. The van der Waals surface area contributed by atoms with Gasteiger partial charge in [0, 0.05) is 23.0 Å². The number of fused-ring (bicyclic) bond motifs is 1. The second kappa shape index (κ2) is 11.8. The Morgan fingerprint density at radius 1 is 1.10 bits per heavy atom. The maximum atomic E-state index is 13.1. The zero-order valence-electron chi connectivity index (χ0n) is 16.5. The van der Waals surface area contributed by atoms with Crippen LogP contribution in [-0.4, -0.2) is 47.7 Å². The number of rotatable bonds is 9. The SMILES string of the molecule is CCN(CC)CCN(C(=O)CSc1ccccc1)c1nc2ccc(Cl)cc2s1.Cl. The van der Waals surface area contributed by atoms with Gasteiger partial charge in [0.25, 0.3) is 0 Å². The highest BCUT2D eigenvalue weighted by molar-refractivity contribution is 8.00. The van der Waals surface area contributed by atoms with E-state index >= 15 is 0 Å². The number of amides is 1. The molecule has 0 spiro atoms. The van der Waals surface area contributed by atoms with E-state index in [4.69, 9.17) is 16.6 Å². The largest absolute Gasteiger partial charge is 0.302 e.